The van der Waals surface area contributed by atoms with Crippen molar-refractivity contribution in [3.05, 3.63) is 11.1 Å². The van der Waals surface area contributed by atoms with Gasteiger partial charge in [0.1, 0.15) is 11.6 Å². The largest absolute Gasteiger partial charge is 0.444 e. The van der Waals surface area contributed by atoms with Gasteiger partial charge in [0.25, 0.3) is 0 Å². The van der Waals surface area contributed by atoms with Crippen LogP contribution in [0.1, 0.15) is 39.3 Å². The number of hydrogen-bond acceptors (Lipinski definition) is 5. The molecule has 0 bridgehead atoms. The van der Waals surface area contributed by atoms with Crippen LogP contribution in [-0.4, -0.2) is 40.1 Å². The Morgan fingerprint density at radius 2 is 2.19 bits per heavy atom. The Morgan fingerprint density at radius 1 is 1.48 bits per heavy atom. The molecule has 21 heavy (non-hydrogen) atoms. The average Bonchev–Trinajstić information content (AvgIpc) is 2.95. The van der Waals surface area contributed by atoms with Gasteiger partial charge in [-0.1, -0.05) is 0 Å². The van der Waals surface area contributed by atoms with E-state index in [1.807, 2.05) is 33.1 Å². The van der Waals surface area contributed by atoms with Gasteiger partial charge in [0.15, 0.2) is 5.13 Å². The Kier molecular flexibility index (Phi) is 4.51. The summed E-state index contributed by atoms with van der Waals surface area (Å²) in [6, 6.07) is -0.482. The molecule has 1 aliphatic heterocycles. The van der Waals surface area contributed by atoms with Gasteiger partial charge in [-0.2, -0.15) is 0 Å². The minimum atomic E-state index is -0.562. The summed E-state index contributed by atoms with van der Waals surface area (Å²) in [5, 5.41) is 5.21. The average molecular weight is 311 g/mol. The topological polar surface area (TPSA) is 71.5 Å². The van der Waals surface area contributed by atoms with E-state index in [1.165, 1.54) is 16.2 Å². The van der Waals surface area contributed by atoms with Crippen molar-refractivity contribution in [2.45, 2.75) is 52.2 Å². The fourth-order valence-corrected chi connectivity index (χ4v) is 2.87. The van der Waals surface area contributed by atoms with Crippen LogP contribution in [0.3, 0.4) is 0 Å². The Labute approximate surface area is 128 Å². The molecule has 0 aromatic carbocycles. The first-order valence-corrected chi connectivity index (χ1v) is 7.87. The third-order valence-corrected chi connectivity index (χ3v) is 3.91. The molecular weight excluding hydrogens is 290 g/mol. The van der Waals surface area contributed by atoms with Crippen molar-refractivity contribution >= 4 is 28.5 Å². The second-order valence-electron chi connectivity index (χ2n) is 6.12. The Bertz CT molecular complexity index is 536. The van der Waals surface area contributed by atoms with Gasteiger partial charge >= 0.3 is 6.09 Å². The first-order chi connectivity index (χ1) is 9.76. The van der Waals surface area contributed by atoms with Gasteiger partial charge in [-0.25, -0.2) is 9.78 Å². The quantitative estimate of drug-likeness (QED) is 0.911. The van der Waals surface area contributed by atoms with E-state index in [-0.39, 0.29) is 5.91 Å². The molecule has 2 heterocycles. The van der Waals surface area contributed by atoms with Crippen LogP contribution >= 0.6 is 11.3 Å². The molecule has 2 rings (SSSR count). The molecule has 6 nitrogen and oxygen atoms in total. The molecular formula is C14H21N3O3S. The van der Waals surface area contributed by atoms with Crippen molar-refractivity contribution in [1.82, 2.24) is 9.88 Å². The number of nitrogens with one attached hydrogen (secondary N) is 1. The van der Waals surface area contributed by atoms with Crippen LogP contribution in [0.15, 0.2) is 5.38 Å². The molecule has 1 atom stereocenters. The van der Waals surface area contributed by atoms with E-state index in [0.717, 1.165) is 12.1 Å². The number of rotatable bonds is 2. The molecule has 1 aromatic heterocycles. The molecule has 2 amide bonds. The molecule has 0 saturated carbocycles. The molecule has 0 unspecified atom stereocenters. The minimum Gasteiger partial charge on any atom is -0.444 e. The summed E-state index contributed by atoms with van der Waals surface area (Å²) in [7, 11) is 0. The van der Waals surface area contributed by atoms with E-state index in [2.05, 4.69) is 10.3 Å². The van der Waals surface area contributed by atoms with Gasteiger partial charge in [-0.15, -0.1) is 11.3 Å². The number of nitrogens with zero attached hydrogens (tertiary/aromatic N) is 2. The number of carbonyl (C=O) groups excluding carboxylic acids is 2. The van der Waals surface area contributed by atoms with Crippen molar-refractivity contribution < 1.29 is 14.3 Å². The van der Waals surface area contributed by atoms with Crippen LogP contribution in [0.5, 0.6) is 0 Å². The number of carbonyl (C=O) groups is 2. The first-order valence-electron chi connectivity index (χ1n) is 6.99. The number of hydrogen-bond donors (Lipinski definition) is 1. The number of aromatic nitrogens is 1. The lowest BCUT2D eigenvalue weighted by Gasteiger charge is -2.27. The minimum absolute atomic E-state index is 0.201. The van der Waals surface area contributed by atoms with Crippen molar-refractivity contribution in [2.24, 2.45) is 0 Å². The van der Waals surface area contributed by atoms with Crippen LogP contribution in [0, 0.1) is 6.92 Å². The van der Waals surface area contributed by atoms with E-state index in [1.54, 1.807) is 0 Å². The van der Waals surface area contributed by atoms with Gasteiger partial charge in [0.2, 0.25) is 5.91 Å². The molecule has 116 valence electrons. The molecule has 1 saturated heterocycles. The highest BCUT2D eigenvalue weighted by atomic mass is 32.1. The number of thiazole rings is 1. The molecule has 1 aliphatic rings. The zero-order valence-corrected chi connectivity index (χ0v) is 13.6. The lowest BCUT2D eigenvalue weighted by molar-refractivity contribution is -0.120. The number of aryl methyl sites for hydroxylation is 1. The molecule has 1 N–H and O–H groups in total. The number of likely N-dealkylation sites (tertiary alicyclic amines) is 1. The predicted octanol–water partition coefficient (Wildman–Crippen LogP) is 2.79. The summed E-state index contributed by atoms with van der Waals surface area (Å²) < 4.78 is 5.35. The zero-order valence-electron chi connectivity index (χ0n) is 12.8. The van der Waals surface area contributed by atoms with Crippen LogP contribution in [0.4, 0.5) is 9.93 Å². The lowest BCUT2D eigenvalue weighted by atomic mass is 10.2. The standard InChI is InChI=1S/C14H21N3O3S/c1-9-8-21-12(15-9)16-11(18)10-6-5-7-17(10)13(19)20-14(2,3)4/h8,10H,5-7H2,1-4H3,(H,15,16,18)/t10-/m0/s1. The van der Waals surface area contributed by atoms with E-state index in [4.69, 9.17) is 4.74 Å². The predicted molar refractivity (Wildman–Crippen MR) is 81.4 cm³/mol. The Hall–Kier alpha value is -1.63. The molecule has 0 aliphatic carbocycles. The highest BCUT2D eigenvalue weighted by molar-refractivity contribution is 7.13. The monoisotopic (exact) mass is 311 g/mol. The molecule has 0 radical (unpaired) electrons. The summed E-state index contributed by atoms with van der Waals surface area (Å²) in [6.07, 6.45) is 1.01. The Balaban J connectivity index is 2.00. The van der Waals surface area contributed by atoms with E-state index < -0.39 is 17.7 Å². The van der Waals surface area contributed by atoms with Gasteiger partial charge in [-0.3, -0.25) is 9.69 Å². The smallest absolute Gasteiger partial charge is 0.410 e. The number of anilines is 1. The van der Waals surface area contributed by atoms with Crippen LogP contribution in [0.2, 0.25) is 0 Å². The summed E-state index contributed by atoms with van der Waals surface area (Å²) in [4.78, 5) is 30.2. The van der Waals surface area contributed by atoms with Gasteiger partial charge in [0.05, 0.1) is 5.69 Å². The third-order valence-electron chi connectivity index (χ3n) is 3.03. The summed E-state index contributed by atoms with van der Waals surface area (Å²) in [6.45, 7) is 7.86. The molecule has 0 spiro atoms. The fraction of sp³-hybridized carbons (Fsp3) is 0.643. The first kappa shape index (κ1) is 15.8. The number of ether oxygens (including phenoxy) is 1. The van der Waals surface area contributed by atoms with Crippen molar-refractivity contribution in [2.75, 3.05) is 11.9 Å². The van der Waals surface area contributed by atoms with Crippen LogP contribution in [0.25, 0.3) is 0 Å². The highest BCUT2D eigenvalue weighted by Crippen LogP contribution is 2.23. The fourth-order valence-electron chi connectivity index (χ4n) is 2.18. The van der Waals surface area contributed by atoms with Crippen molar-refractivity contribution in [3.8, 4) is 0 Å². The maximum atomic E-state index is 12.3. The number of amides is 2. The summed E-state index contributed by atoms with van der Waals surface area (Å²) in [5.41, 5.74) is 0.304. The second kappa shape index (κ2) is 6.01. The van der Waals surface area contributed by atoms with Gasteiger partial charge in [0, 0.05) is 11.9 Å². The van der Waals surface area contributed by atoms with E-state index in [9.17, 15) is 9.59 Å². The zero-order chi connectivity index (χ0) is 15.6. The normalized spacial score (nSPS) is 18.7. The lowest BCUT2D eigenvalue weighted by Crippen LogP contribution is -2.45. The maximum absolute atomic E-state index is 12.3. The molecule has 1 aromatic rings. The van der Waals surface area contributed by atoms with E-state index in [0.29, 0.717) is 18.1 Å². The van der Waals surface area contributed by atoms with Crippen molar-refractivity contribution in [3.63, 3.8) is 0 Å². The highest BCUT2D eigenvalue weighted by Gasteiger charge is 2.36. The van der Waals surface area contributed by atoms with Gasteiger partial charge < -0.3 is 10.1 Å². The second-order valence-corrected chi connectivity index (χ2v) is 6.97. The van der Waals surface area contributed by atoms with Crippen molar-refractivity contribution in [1.29, 1.82) is 0 Å². The van der Waals surface area contributed by atoms with Crippen LogP contribution in [-0.2, 0) is 9.53 Å². The molecule has 7 heteroatoms. The maximum Gasteiger partial charge on any atom is 0.410 e. The molecule has 1 fully saturated rings. The Morgan fingerprint density at radius 3 is 2.76 bits per heavy atom. The summed E-state index contributed by atoms with van der Waals surface area (Å²) in [5.74, 6) is -0.201. The van der Waals surface area contributed by atoms with Crippen LogP contribution < -0.4 is 5.32 Å². The van der Waals surface area contributed by atoms with E-state index >= 15 is 0 Å². The summed E-state index contributed by atoms with van der Waals surface area (Å²) >= 11 is 1.38. The SMILES string of the molecule is Cc1csc(NC(=O)[C@@H]2CCCN2C(=O)OC(C)(C)C)n1. The van der Waals surface area contributed by atoms with Gasteiger partial charge in [-0.05, 0) is 40.5 Å². The third kappa shape index (κ3) is 4.17.